The maximum Gasteiger partial charge on any atom is 0.387 e. The number of carbonyl (C=O) groups is 1. The van der Waals surface area contributed by atoms with E-state index in [-0.39, 0.29) is 24.0 Å². The van der Waals surface area contributed by atoms with E-state index in [1.807, 2.05) is 12.1 Å². The number of thiophene rings is 1. The lowest BCUT2D eigenvalue weighted by molar-refractivity contribution is -0.118. The number of alkyl halides is 2. The van der Waals surface area contributed by atoms with Gasteiger partial charge in [0.2, 0.25) is 5.91 Å². The molecule has 0 radical (unpaired) electrons. The summed E-state index contributed by atoms with van der Waals surface area (Å²) in [5, 5.41) is 2.70. The molecule has 0 aliphatic heterocycles. The maximum absolute atomic E-state index is 12.3. The zero-order valence-electron chi connectivity index (χ0n) is 11.9. The Hall–Kier alpha value is -1.31. The Balaban J connectivity index is 1.76. The van der Waals surface area contributed by atoms with Gasteiger partial charge in [-0.3, -0.25) is 4.79 Å². The van der Waals surface area contributed by atoms with E-state index in [9.17, 15) is 13.6 Å². The normalized spacial score (nSPS) is 10.8. The number of nitrogens with one attached hydrogen (secondary N) is 1. The summed E-state index contributed by atoms with van der Waals surface area (Å²) in [6, 6.07) is 10.1. The van der Waals surface area contributed by atoms with Crippen LogP contribution >= 0.6 is 34.7 Å². The van der Waals surface area contributed by atoms with Gasteiger partial charge in [-0.2, -0.15) is 8.78 Å². The van der Waals surface area contributed by atoms with Gasteiger partial charge in [-0.15, -0.1) is 23.1 Å². The Morgan fingerprint density at radius 2 is 2.09 bits per heavy atom. The summed E-state index contributed by atoms with van der Waals surface area (Å²) < 4.78 is 29.8. The summed E-state index contributed by atoms with van der Waals surface area (Å²) in [5.41, 5.74) is 0.510. The lowest BCUT2D eigenvalue weighted by atomic mass is 10.2. The van der Waals surface area contributed by atoms with E-state index < -0.39 is 6.61 Å². The average molecular weight is 378 g/mol. The van der Waals surface area contributed by atoms with Crippen molar-refractivity contribution in [1.29, 1.82) is 0 Å². The molecule has 1 aromatic carbocycles. The number of rotatable bonds is 8. The number of ether oxygens (including phenoxy) is 1. The third-order valence-corrected chi connectivity index (χ3v) is 5.17. The number of para-hydroxylation sites is 1. The second-order valence-electron chi connectivity index (χ2n) is 4.46. The van der Waals surface area contributed by atoms with Crippen LogP contribution in [-0.2, 0) is 17.1 Å². The summed E-state index contributed by atoms with van der Waals surface area (Å²) in [4.78, 5) is 12.9. The topological polar surface area (TPSA) is 38.3 Å². The molecule has 2 rings (SSSR count). The van der Waals surface area contributed by atoms with Crippen molar-refractivity contribution < 1.29 is 18.3 Å². The van der Waals surface area contributed by atoms with Crippen molar-refractivity contribution in [3.63, 3.8) is 0 Å². The first-order chi connectivity index (χ1) is 11.0. The molecule has 124 valence electrons. The highest BCUT2D eigenvalue weighted by Gasteiger charge is 2.10. The Morgan fingerprint density at radius 3 is 2.78 bits per heavy atom. The van der Waals surface area contributed by atoms with Crippen molar-refractivity contribution in [2.75, 3.05) is 5.75 Å². The molecule has 0 unspecified atom stereocenters. The van der Waals surface area contributed by atoms with Crippen LogP contribution in [0.15, 0.2) is 36.4 Å². The monoisotopic (exact) mass is 377 g/mol. The molecule has 0 spiro atoms. The molecule has 1 heterocycles. The van der Waals surface area contributed by atoms with Crippen LogP contribution in [0.2, 0.25) is 4.34 Å². The minimum atomic E-state index is -2.89. The molecule has 1 N–H and O–H groups in total. The third-order valence-electron chi connectivity index (χ3n) is 2.77. The minimum absolute atomic E-state index is 0.0729. The fraction of sp³-hybridized carbons (Fsp3) is 0.267. The highest BCUT2D eigenvalue weighted by molar-refractivity contribution is 7.99. The van der Waals surface area contributed by atoms with Crippen molar-refractivity contribution in [2.24, 2.45) is 0 Å². The van der Waals surface area contributed by atoms with Crippen LogP contribution in [0.3, 0.4) is 0 Å². The molecule has 23 heavy (non-hydrogen) atoms. The lowest BCUT2D eigenvalue weighted by Crippen LogP contribution is -2.25. The van der Waals surface area contributed by atoms with Gasteiger partial charge in [0.25, 0.3) is 0 Å². The molecule has 0 aliphatic rings. The third kappa shape index (κ3) is 6.37. The fourth-order valence-corrected chi connectivity index (χ4v) is 3.83. The largest absolute Gasteiger partial charge is 0.434 e. The zero-order valence-corrected chi connectivity index (χ0v) is 14.3. The van der Waals surface area contributed by atoms with E-state index in [4.69, 9.17) is 11.6 Å². The molecule has 3 nitrogen and oxygen atoms in total. The van der Waals surface area contributed by atoms with Gasteiger partial charge in [0.1, 0.15) is 5.75 Å². The molecule has 0 bridgehead atoms. The highest BCUT2D eigenvalue weighted by atomic mass is 35.5. The Kier molecular flexibility index (Phi) is 7.14. The summed E-state index contributed by atoms with van der Waals surface area (Å²) in [6.07, 6.45) is 0. The standard InChI is InChI=1S/C15H14ClF2NO2S2/c16-13-6-5-11(23-13)8-22-9-14(20)19-7-10-3-1-2-4-12(10)21-15(17)18/h1-6,15H,7-9H2,(H,19,20). The smallest absolute Gasteiger partial charge is 0.387 e. The number of hydrogen-bond acceptors (Lipinski definition) is 4. The van der Waals surface area contributed by atoms with Crippen molar-refractivity contribution in [1.82, 2.24) is 5.32 Å². The number of carbonyl (C=O) groups excluding carboxylic acids is 1. The van der Waals surface area contributed by atoms with Gasteiger partial charge >= 0.3 is 6.61 Å². The SMILES string of the molecule is O=C(CSCc1ccc(Cl)s1)NCc1ccccc1OC(F)F. The number of hydrogen-bond donors (Lipinski definition) is 1. The lowest BCUT2D eigenvalue weighted by Gasteiger charge is -2.11. The summed E-state index contributed by atoms with van der Waals surface area (Å²) in [7, 11) is 0. The molecule has 0 aliphatic carbocycles. The number of benzene rings is 1. The maximum atomic E-state index is 12.3. The predicted octanol–water partition coefficient (Wildman–Crippen LogP) is 4.55. The molecule has 0 saturated carbocycles. The average Bonchev–Trinajstić information content (AvgIpc) is 2.91. The van der Waals surface area contributed by atoms with Gasteiger partial charge in [-0.25, -0.2) is 0 Å². The molecule has 0 fully saturated rings. The fourth-order valence-electron chi connectivity index (χ4n) is 1.78. The van der Waals surface area contributed by atoms with Crippen LogP contribution in [-0.4, -0.2) is 18.3 Å². The van der Waals surface area contributed by atoms with Gasteiger partial charge < -0.3 is 10.1 Å². The van der Waals surface area contributed by atoms with Crippen LogP contribution < -0.4 is 10.1 Å². The van der Waals surface area contributed by atoms with E-state index >= 15 is 0 Å². The van der Waals surface area contributed by atoms with Gasteiger partial charge in [-0.1, -0.05) is 29.8 Å². The number of thioether (sulfide) groups is 1. The van der Waals surface area contributed by atoms with Crippen LogP contribution in [0.25, 0.3) is 0 Å². The van der Waals surface area contributed by atoms with Gasteiger partial charge in [0, 0.05) is 22.7 Å². The highest BCUT2D eigenvalue weighted by Crippen LogP contribution is 2.25. The first-order valence-electron chi connectivity index (χ1n) is 6.66. The Morgan fingerprint density at radius 1 is 1.30 bits per heavy atom. The van der Waals surface area contributed by atoms with Crippen molar-refractivity contribution in [2.45, 2.75) is 18.9 Å². The Labute approximate surface area is 146 Å². The van der Waals surface area contributed by atoms with Gasteiger partial charge in [0.05, 0.1) is 10.1 Å². The number of amides is 1. The summed E-state index contributed by atoms with van der Waals surface area (Å²) >= 11 is 8.78. The van der Waals surface area contributed by atoms with E-state index in [1.165, 1.54) is 29.2 Å². The quantitative estimate of drug-likeness (QED) is 0.733. The predicted molar refractivity (Wildman–Crippen MR) is 90.4 cm³/mol. The summed E-state index contributed by atoms with van der Waals surface area (Å²) in [6.45, 7) is -2.74. The van der Waals surface area contributed by atoms with E-state index in [0.717, 1.165) is 9.21 Å². The van der Waals surface area contributed by atoms with Crippen molar-refractivity contribution in [3.8, 4) is 5.75 Å². The molecular formula is C15H14ClF2NO2S2. The van der Waals surface area contributed by atoms with E-state index in [0.29, 0.717) is 11.3 Å². The first kappa shape index (κ1) is 18.0. The second-order valence-corrected chi connectivity index (χ2v) is 7.25. The molecular weight excluding hydrogens is 364 g/mol. The zero-order chi connectivity index (χ0) is 16.7. The van der Waals surface area contributed by atoms with Gasteiger partial charge in [-0.05, 0) is 18.2 Å². The molecule has 1 aromatic heterocycles. The Bertz CT molecular complexity index is 652. The van der Waals surface area contributed by atoms with Crippen LogP contribution in [0.5, 0.6) is 5.75 Å². The first-order valence-corrected chi connectivity index (χ1v) is 9.01. The van der Waals surface area contributed by atoms with Gasteiger partial charge in [0.15, 0.2) is 0 Å². The van der Waals surface area contributed by atoms with Crippen LogP contribution in [0.4, 0.5) is 8.78 Å². The molecule has 2 aromatic rings. The number of halogens is 3. The van der Waals surface area contributed by atoms with Crippen LogP contribution in [0.1, 0.15) is 10.4 Å². The van der Waals surface area contributed by atoms with E-state index in [1.54, 1.807) is 18.2 Å². The molecule has 0 saturated heterocycles. The molecule has 8 heteroatoms. The van der Waals surface area contributed by atoms with E-state index in [2.05, 4.69) is 10.1 Å². The second kappa shape index (κ2) is 9.10. The summed E-state index contributed by atoms with van der Waals surface area (Å²) in [5.74, 6) is 0.900. The minimum Gasteiger partial charge on any atom is -0.434 e. The van der Waals surface area contributed by atoms with Crippen LogP contribution in [0, 0.1) is 0 Å². The molecule has 0 atom stereocenters. The van der Waals surface area contributed by atoms with Crippen molar-refractivity contribution >= 4 is 40.6 Å². The molecule has 1 amide bonds. The van der Waals surface area contributed by atoms with Crippen molar-refractivity contribution in [3.05, 3.63) is 51.2 Å².